The van der Waals surface area contributed by atoms with Crippen LogP contribution < -0.4 is 10.6 Å². The summed E-state index contributed by atoms with van der Waals surface area (Å²) in [5.41, 5.74) is 2.49. The number of amides is 2. The number of hydrogen-bond acceptors (Lipinski definition) is 4. The summed E-state index contributed by atoms with van der Waals surface area (Å²) < 4.78 is 14.3. The largest absolute Gasteiger partial charge is 0.352 e. The highest BCUT2D eigenvalue weighted by Gasteiger charge is 2.22. The van der Waals surface area contributed by atoms with Crippen LogP contribution in [0.5, 0.6) is 0 Å². The molecule has 0 unspecified atom stereocenters. The monoisotopic (exact) mass is 291 g/mol. The van der Waals surface area contributed by atoms with Gasteiger partial charge in [0.2, 0.25) is 0 Å². The van der Waals surface area contributed by atoms with Crippen LogP contribution in [0.25, 0.3) is 0 Å². The number of carbonyl (C=O) groups is 2. The number of fused-ring (bicyclic) bond motifs is 1. The summed E-state index contributed by atoms with van der Waals surface area (Å²) in [5.74, 6) is -1.31. The van der Waals surface area contributed by atoms with E-state index >= 15 is 0 Å². The first-order chi connectivity index (χ1) is 9.66. The fraction of sp³-hybridized carbons (Fsp3) is 0.154. The molecular weight excluding hydrogens is 281 g/mol. The Kier molecular flexibility index (Phi) is 3.19. The number of nitrogens with zero attached hydrogens (tertiary/aromatic N) is 1. The zero-order valence-electron chi connectivity index (χ0n) is 10.3. The van der Waals surface area contributed by atoms with Crippen molar-refractivity contribution < 1.29 is 14.0 Å². The highest BCUT2D eigenvalue weighted by atomic mass is 32.1. The number of thiazole rings is 1. The highest BCUT2D eigenvalue weighted by molar-refractivity contribution is 7.07. The van der Waals surface area contributed by atoms with Crippen molar-refractivity contribution in [3.8, 4) is 0 Å². The average molecular weight is 291 g/mol. The minimum atomic E-state index is -0.555. The summed E-state index contributed by atoms with van der Waals surface area (Å²) in [6, 6.07) is 2.91. The van der Waals surface area contributed by atoms with Gasteiger partial charge >= 0.3 is 0 Å². The quantitative estimate of drug-likeness (QED) is 0.886. The molecule has 0 saturated carbocycles. The van der Waals surface area contributed by atoms with Crippen molar-refractivity contribution in [1.82, 2.24) is 10.3 Å². The average Bonchev–Trinajstić information content (AvgIpc) is 2.97. The molecule has 20 heavy (non-hydrogen) atoms. The van der Waals surface area contributed by atoms with E-state index < -0.39 is 11.7 Å². The van der Waals surface area contributed by atoms with Crippen LogP contribution in [0.15, 0.2) is 23.0 Å². The van der Waals surface area contributed by atoms with Gasteiger partial charge in [0.25, 0.3) is 11.8 Å². The summed E-state index contributed by atoms with van der Waals surface area (Å²) in [7, 11) is 0. The molecule has 0 fully saturated rings. The van der Waals surface area contributed by atoms with E-state index in [9.17, 15) is 14.0 Å². The number of aromatic nitrogens is 1. The molecule has 0 radical (unpaired) electrons. The van der Waals surface area contributed by atoms with Crippen LogP contribution in [0.1, 0.15) is 26.4 Å². The standard InChI is InChI=1S/C13H10FN3O2S/c14-11-7-3-4-15-12(18)8(7)1-2-9(11)17-13(19)10-5-20-6-16-10/h1-2,5-6H,3-4H2,(H,15,18)(H,17,19). The summed E-state index contributed by atoms with van der Waals surface area (Å²) in [6.07, 6.45) is 0.410. The molecular formula is C13H10FN3O2S. The third-order valence-electron chi connectivity index (χ3n) is 3.06. The molecule has 0 bridgehead atoms. The van der Waals surface area contributed by atoms with Gasteiger partial charge in [0.15, 0.2) is 5.82 Å². The Bertz CT molecular complexity index is 685. The zero-order valence-corrected chi connectivity index (χ0v) is 11.1. The molecule has 1 aromatic heterocycles. The van der Waals surface area contributed by atoms with Crippen molar-refractivity contribution in [3.05, 3.63) is 45.7 Å². The lowest BCUT2D eigenvalue weighted by atomic mass is 9.99. The second-order valence-electron chi connectivity index (χ2n) is 4.29. The van der Waals surface area contributed by atoms with Crippen LogP contribution in [0, 0.1) is 5.82 Å². The molecule has 3 rings (SSSR count). The van der Waals surface area contributed by atoms with Gasteiger partial charge in [-0.15, -0.1) is 11.3 Å². The van der Waals surface area contributed by atoms with Gasteiger partial charge < -0.3 is 10.6 Å². The zero-order chi connectivity index (χ0) is 14.1. The Morgan fingerprint density at radius 2 is 2.30 bits per heavy atom. The first-order valence-electron chi connectivity index (χ1n) is 5.96. The third kappa shape index (κ3) is 2.16. The van der Waals surface area contributed by atoms with E-state index in [-0.39, 0.29) is 17.3 Å². The molecule has 5 nitrogen and oxygen atoms in total. The maximum atomic E-state index is 14.3. The molecule has 0 atom stereocenters. The van der Waals surface area contributed by atoms with Gasteiger partial charge in [-0.05, 0) is 18.6 Å². The van der Waals surface area contributed by atoms with Gasteiger partial charge in [-0.25, -0.2) is 9.37 Å². The first-order valence-corrected chi connectivity index (χ1v) is 6.90. The van der Waals surface area contributed by atoms with Gasteiger partial charge in [-0.2, -0.15) is 0 Å². The second-order valence-corrected chi connectivity index (χ2v) is 5.01. The normalized spacial score (nSPS) is 13.6. The van der Waals surface area contributed by atoms with E-state index in [1.165, 1.54) is 29.0 Å². The van der Waals surface area contributed by atoms with Gasteiger partial charge in [-0.1, -0.05) is 0 Å². The minimum absolute atomic E-state index is 0.0662. The number of nitrogens with one attached hydrogen (secondary N) is 2. The molecule has 0 spiro atoms. The molecule has 7 heteroatoms. The third-order valence-corrected chi connectivity index (χ3v) is 3.65. The maximum Gasteiger partial charge on any atom is 0.275 e. The van der Waals surface area contributed by atoms with Crippen LogP contribution in [0.2, 0.25) is 0 Å². The molecule has 1 aliphatic rings. The molecule has 2 heterocycles. The predicted octanol–water partition coefficient (Wildman–Crippen LogP) is 1.82. The Morgan fingerprint density at radius 3 is 3.05 bits per heavy atom. The SMILES string of the molecule is O=C(Nc1ccc2c(c1F)CCNC2=O)c1cscn1. The van der Waals surface area contributed by atoms with Gasteiger partial charge in [0.05, 0.1) is 11.2 Å². The van der Waals surface area contributed by atoms with Gasteiger partial charge in [-0.3, -0.25) is 9.59 Å². The van der Waals surface area contributed by atoms with E-state index in [0.717, 1.165) is 0 Å². The number of rotatable bonds is 2. The fourth-order valence-corrected chi connectivity index (χ4v) is 2.61. The van der Waals surface area contributed by atoms with Gasteiger partial charge in [0, 0.05) is 23.1 Å². The van der Waals surface area contributed by atoms with Gasteiger partial charge in [0.1, 0.15) is 5.69 Å². The van der Waals surface area contributed by atoms with E-state index in [1.807, 2.05) is 0 Å². The van der Waals surface area contributed by atoms with E-state index in [0.29, 0.717) is 24.1 Å². The van der Waals surface area contributed by atoms with E-state index in [2.05, 4.69) is 15.6 Å². The lowest BCUT2D eigenvalue weighted by molar-refractivity contribution is 0.0944. The van der Waals surface area contributed by atoms with Crippen LogP contribution in [-0.2, 0) is 6.42 Å². The maximum absolute atomic E-state index is 14.3. The molecule has 1 aromatic carbocycles. The first kappa shape index (κ1) is 12.7. The Balaban J connectivity index is 1.92. The summed E-state index contributed by atoms with van der Waals surface area (Å²) in [4.78, 5) is 27.3. The molecule has 0 saturated heterocycles. The highest BCUT2D eigenvalue weighted by Crippen LogP contribution is 2.24. The number of anilines is 1. The summed E-state index contributed by atoms with van der Waals surface area (Å²) in [6.45, 7) is 0.395. The smallest absolute Gasteiger partial charge is 0.275 e. The van der Waals surface area contributed by atoms with Crippen molar-refractivity contribution in [2.24, 2.45) is 0 Å². The summed E-state index contributed by atoms with van der Waals surface area (Å²) in [5, 5.41) is 6.70. The number of carbonyl (C=O) groups excluding carboxylic acids is 2. The van der Waals surface area contributed by atoms with Crippen molar-refractivity contribution >= 4 is 28.8 Å². The Hall–Kier alpha value is -2.28. The van der Waals surface area contributed by atoms with Crippen LogP contribution in [-0.4, -0.2) is 23.3 Å². The topological polar surface area (TPSA) is 71.1 Å². The lowest BCUT2D eigenvalue weighted by Gasteiger charge is -2.18. The fourth-order valence-electron chi connectivity index (χ4n) is 2.08. The molecule has 102 valence electrons. The Labute approximate surface area is 117 Å². The van der Waals surface area contributed by atoms with Crippen molar-refractivity contribution in [2.75, 3.05) is 11.9 Å². The van der Waals surface area contributed by atoms with E-state index in [4.69, 9.17) is 0 Å². The van der Waals surface area contributed by atoms with Crippen LogP contribution in [0.3, 0.4) is 0 Å². The predicted molar refractivity (Wildman–Crippen MR) is 72.5 cm³/mol. The number of hydrogen-bond donors (Lipinski definition) is 2. The number of halogens is 1. The summed E-state index contributed by atoms with van der Waals surface area (Å²) >= 11 is 1.29. The molecule has 2 N–H and O–H groups in total. The minimum Gasteiger partial charge on any atom is -0.352 e. The number of benzene rings is 1. The molecule has 2 amide bonds. The van der Waals surface area contributed by atoms with Crippen LogP contribution >= 0.6 is 11.3 Å². The van der Waals surface area contributed by atoms with Crippen molar-refractivity contribution in [1.29, 1.82) is 0 Å². The molecule has 0 aliphatic carbocycles. The van der Waals surface area contributed by atoms with E-state index in [1.54, 1.807) is 5.38 Å². The van der Waals surface area contributed by atoms with Crippen molar-refractivity contribution in [3.63, 3.8) is 0 Å². The molecule has 1 aliphatic heterocycles. The van der Waals surface area contributed by atoms with Crippen LogP contribution in [0.4, 0.5) is 10.1 Å². The molecule has 2 aromatic rings. The Morgan fingerprint density at radius 1 is 1.45 bits per heavy atom. The van der Waals surface area contributed by atoms with Crippen molar-refractivity contribution in [2.45, 2.75) is 6.42 Å². The lowest BCUT2D eigenvalue weighted by Crippen LogP contribution is -2.32. The second kappa shape index (κ2) is 5.01.